The van der Waals surface area contributed by atoms with Gasteiger partial charge >= 0.3 is 0 Å². The van der Waals surface area contributed by atoms with E-state index in [1.165, 1.54) is 18.4 Å². The van der Waals surface area contributed by atoms with Gasteiger partial charge in [-0.15, -0.1) is 0 Å². The number of allylic oxidation sites excluding steroid dienone is 1. The second kappa shape index (κ2) is 4.06. The summed E-state index contributed by atoms with van der Waals surface area (Å²) < 4.78 is 10.5. The van der Waals surface area contributed by atoms with Crippen molar-refractivity contribution in [2.45, 2.75) is 37.9 Å². The number of carbonyl (C=O) groups excluding carboxylic acids is 1. The fourth-order valence-corrected chi connectivity index (χ4v) is 2.69. The Morgan fingerprint density at radius 2 is 2.07 bits per heavy atom. The van der Waals surface area contributed by atoms with E-state index in [1.54, 1.807) is 20.3 Å². The molecule has 1 fully saturated rings. The summed E-state index contributed by atoms with van der Waals surface area (Å²) in [6.45, 7) is 0. The molecule has 0 aromatic rings. The molecule has 3 nitrogen and oxygen atoms in total. The molecule has 0 spiro atoms. The number of fused-ring (bicyclic) bond motifs is 1. The number of rotatable bonds is 2. The van der Waals surface area contributed by atoms with Gasteiger partial charge in [0, 0.05) is 20.6 Å². The number of hydrogen-bond donors (Lipinski definition) is 0. The van der Waals surface area contributed by atoms with Gasteiger partial charge in [-0.05, 0) is 31.3 Å². The van der Waals surface area contributed by atoms with Gasteiger partial charge in [0.05, 0.1) is 0 Å². The fourth-order valence-electron chi connectivity index (χ4n) is 2.69. The summed E-state index contributed by atoms with van der Waals surface area (Å²) in [6.07, 6.45) is 7.13. The minimum absolute atomic E-state index is 0.0272. The summed E-state index contributed by atoms with van der Waals surface area (Å²) in [5, 5.41) is 0. The lowest BCUT2D eigenvalue weighted by Crippen LogP contribution is -2.47. The smallest absolute Gasteiger partial charge is 0.233 e. The summed E-state index contributed by atoms with van der Waals surface area (Å²) in [6, 6.07) is 0. The first-order valence-corrected chi connectivity index (χ1v) is 5.57. The third-order valence-corrected chi connectivity index (χ3v) is 3.66. The highest BCUT2D eigenvalue weighted by Crippen LogP contribution is 2.40. The van der Waals surface area contributed by atoms with E-state index in [1.807, 2.05) is 0 Å². The van der Waals surface area contributed by atoms with Crippen molar-refractivity contribution in [1.29, 1.82) is 0 Å². The molecule has 0 N–H and O–H groups in total. The Bertz CT molecular complexity index is 289. The predicted octanol–water partition coefficient (Wildman–Crippen LogP) is 2.06. The summed E-state index contributed by atoms with van der Waals surface area (Å²) in [5.41, 5.74) is 1.30. The molecule has 3 heteroatoms. The number of ether oxygens (including phenoxy) is 2. The third-order valence-electron chi connectivity index (χ3n) is 3.66. The van der Waals surface area contributed by atoms with Crippen molar-refractivity contribution < 1.29 is 14.3 Å². The monoisotopic (exact) mass is 210 g/mol. The fraction of sp³-hybridized carbons (Fsp3) is 0.750. The van der Waals surface area contributed by atoms with Gasteiger partial charge in [-0.3, -0.25) is 4.79 Å². The van der Waals surface area contributed by atoms with Gasteiger partial charge in [0.25, 0.3) is 0 Å². The number of methoxy groups -OCH3 is 2. The van der Waals surface area contributed by atoms with Crippen molar-refractivity contribution in [3.05, 3.63) is 11.6 Å². The van der Waals surface area contributed by atoms with E-state index in [0.29, 0.717) is 12.3 Å². The normalized spacial score (nSPS) is 29.6. The highest BCUT2D eigenvalue weighted by atomic mass is 16.7. The molecule has 0 aromatic carbocycles. The van der Waals surface area contributed by atoms with Gasteiger partial charge in [0.1, 0.15) is 0 Å². The molecule has 0 amide bonds. The minimum Gasteiger partial charge on any atom is -0.347 e. The van der Waals surface area contributed by atoms with Crippen LogP contribution < -0.4 is 0 Å². The molecular weight excluding hydrogens is 192 g/mol. The van der Waals surface area contributed by atoms with Crippen LogP contribution in [0.3, 0.4) is 0 Å². The maximum atomic E-state index is 11.9. The molecule has 0 radical (unpaired) electrons. The third kappa shape index (κ3) is 1.74. The molecule has 2 aliphatic carbocycles. The lowest BCUT2D eigenvalue weighted by molar-refractivity contribution is -0.211. The van der Waals surface area contributed by atoms with Gasteiger partial charge in [-0.1, -0.05) is 12.0 Å². The van der Waals surface area contributed by atoms with Crippen LogP contribution in [0.15, 0.2) is 11.6 Å². The first kappa shape index (κ1) is 10.8. The Labute approximate surface area is 90.4 Å². The molecule has 2 aliphatic rings. The van der Waals surface area contributed by atoms with Crippen LogP contribution >= 0.6 is 0 Å². The zero-order valence-corrected chi connectivity index (χ0v) is 9.41. The van der Waals surface area contributed by atoms with Crippen LogP contribution in [0.2, 0.25) is 0 Å². The van der Waals surface area contributed by atoms with E-state index < -0.39 is 5.79 Å². The first-order valence-electron chi connectivity index (χ1n) is 5.57. The second-order valence-electron chi connectivity index (χ2n) is 4.39. The van der Waals surface area contributed by atoms with Crippen molar-refractivity contribution in [3.63, 3.8) is 0 Å². The maximum Gasteiger partial charge on any atom is 0.233 e. The molecule has 1 atom stereocenters. The van der Waals surface area contributed by atoms with E-state index in [4.69, 9.17) is 9.47 Å². The first-order chi connectivity index (χ1) is 7.22. The number of ketones is 1. The van der Waals surface area contributed by atoms with Crippen LogP contribution in [-0.4, -0.2) is 25.8 Å². The standard InChI is InChI=1S/C12H18O3/c1-14-12(15-2)8-10-6-4-3-5-9(10)7-11(12)13/h7,10H,3-6,8H2,1-2H3. The number of hydrogen-bond acceptors (Lipinski definition) is 3. The molecule has 15 heavy (non-hydrogen) atoms. The van der Waals surface area contributed by atoms with E-state index in [0.717, 1.165) is 12.8 Å². The van der Waals surface area contributed by atoms with Crippen LogP contribution in [0, 0.1) is 5.92 Å². The average Bonchev–Trinajstić information content (AvgIpc) is 2.28. The summed E-state index contributed by atoms with van der Waals surface area (Å²) in [5.74, 6) is -0.553. The zero-order chi connectivity index (χ0) is 10.9. The second-order valence-corrected chi connectivity index (χ2v) is 4.39. The molecule has 0 bridgehead atoms. The molecule has 0 saturated heterocycles. The van der Waals surface area contributed by atoms with Crippen LogP contribution in [0.25, 0.3) is 0 Å². The zero-order valence-electron chi connectivity index (χ0n) is 9.41. The molecule has 1 unspecified atom stereocenters. The average molecular weight is 210 g/mol. The SMILES string of the molecule is COC1(OC)CC2CCCCC2=CC1=O. The quantitative estimate of drug-likeness (QED) is 0.654. The van der Waals surface area contributed by atoms with Gasteiger partial charge < -0.3 is 9.47 Å². The van der Waals surface area contributed by atoms with E-state index >= 15 is 0 Å². The molecule has 0 heterocycles. The van der Waals surface area contributed by atoms with Crippen molar-refractivity contribution in [3.8, 4) is 0 Å². The predicted molar refractivity (Wildman–Crippen MR) is 56.4 cm³/mol. The molecular formula is C12H18O3. The van der Waals surface area contributed by atoms with Gasteiger partial charge in [-0.2, -0.15) is 0 Å². The van der Waals surface area contributed by atoms with Crippen LogP contribution in [-0.2, 0) is 14.3 Å². The van der Waals surface area contributed by atoms with Crippen LogP contribution in [0.5, 0.6) is 0 Å². The Balaban J connectivity index is 2.27. The lowest BCUT2D eigenvalue weighted by Gasteiger charge is -2.38. The highest BCUT2D eigenvalue weighted by Gasteiger charge is 2.44. The molecule has 84 valence electrons. The van der Waals surface area contributed by atoms with Crippen molar-refractivity contribution in [2.75, 3.05) is 14.2 Å². The van der Waals surface area contributed by atoms with Crippen LogP contribution in [0.4, 0.5) is 0 Å². The molecule has 0 aliphatic heterocycles. The number of carbonyl (C=O) groups is 1. The Kier molecular flexibility index (Phi) is 2.94. The lowest BCUT2D eigenvalue weighted by atomic mass is 9.75. The van der Waals surface area contributed by atoms with Crippen molar-refractivity contribution in [2.24, 2.45) is 5.92 Å². The Morgan fingerprint density at radius 1 is 1.33 bits per heavy atom. The minimum atomic E-state index is -1.01. The largest absolute Gasteiger partial charge is 0.347 e. The van der Waals surface area contributed by atoms with Crippen molar-refractivity contribution in [1.82, 2.24) is 0 Å². The molecule has 2 rings (SSSR count). The van der Waals surface area contributed by atoms with Gasteiger partial charge in [0.2, 0.25) is 11.6 Å². The van der Waals surface area contributed by atoms with Crippen LogP contribution in [0.1, 0.15) is 32.1 Å². The van der Waals surface area contributed by atoms with Crippen molar-refractivity contribution >= 4 is 5.78 Å². The molecule has 0 aromatic heterocycles. The maximum absolute atomic E-state index is 11.9. The van der Waals surface area contributed by atoms with E-state index in [9.17, 15) is 4.79 Å². The topological polar surface area (TPSA) is 35.5 Å². The van der Waals surface area contributed by atoms with Gasteiger partial charge in [-0.25, -0.2) is 0 Å². The summed E-state index contributed by atoms with van der Waals surface area (Å²) in [7, 11) is 3.09. The molecule has 1 saturated carbocycles. The van der Waals surface area contributed by atoms with Gasteiger partial charge in [0.15, 0.2) is 0 Å². The summed E-state index contributed by atoms with van der Waals surface area (Å²) in [4.78, 5) is 11.9. The van der Waals surface area contributed by atoms with E-state index in [2.05, 4.69) is 0 Å². The highest BCUT2D eigenvalue weighted by molar-refractivity contribution is 5.97. The van der Waals surface area contributed by atoms with E-state index in [-0.39, 0.29) is 5.78 Å². The summed E-state index contributed by atoms with van der Waals surface area (Å²) >= 11 is 0. The Hall–Kier alpha value is -0.670. The Morgan fingerprint density at radius 3 is 2.73 bits per heavy atom.